The molecule has 2 aromatic rings. The number of nitrogens with one attached hydrogen (secondary N) is 2. The molecule has 28 heavy (non-hydrogen) atoms. The van der Waals surface area contributed by atoms with Gasteiger partial charge in [-0.05, 0) is 75.2 Å². The van der Waals surface area contributed by atoms with Crippen LogP contribution in [0.1, 0.15) is 51.2 Å². The van der Waals surface area contributed by atoms with Gasteiger partial charge in [0.15, 0.2) is 5.11 Å². The maximum absolute atomic E-state index is 10.8. The summed E-state index contributed by atoms with van der Waals surface area (Å²) in [5, 5.41) is 15.9. The summed E-state index contributed by atoms with van der Waals surface area (Å²) in [5.41, 5.74) is 3.81. The number of allylic oxidation sites excluding steroid dienone is 1. The summed E-state index contributed by atoms with van der Waals surface area (Å²) in [6.07, 6.45) is 7.06. The number of thiocarbonyl (C=S) groups is 1. The molecule has 6 heteroatoms. The zero-order chi connectivity index (χ0) is 20.6. The van der Waals surface area contributed by atoms with E-state index >= 15 is 0 Å². The first kappa shape index (κ1) is 21.6. The quantitative estimate of drug-likeness (QED) is 0.458. The van der Waals surface area contributed by atoms with Crippen molar-refractivity contribution in [2.45, 2.75) is 45.6 Å². The Morgan fingerprint density at radius 3 is 2.61 bits per heavy atom. The highest BCUT2D eigenvalue weighted by molar-refractivity contribution is 7.80. The van der Waals surface area contributed by atoms with Gasteiger partial charge in [-0.1, -0.05) is 24.3 Å². The first-order chi connectivity index (χ1) is 13.2. The van der Waals surface area contributed by atoms with Crippen LogP contribution in [0.25, 0.3) is 5.57 Å². The number of benzene rings is 1. The Morgan fingerprint density at radius 1 is 1.21 bits per heavy atom. The molecule has 148 valence electrons. The van der Waals surface area contributed by atoms with E-state index in [9.17, 15) is 4.79 Å². The van der Waals surface area contributed by atoms with Gasteiger partial charge in [-0.25, -0.2) is 0 Å². The first-order valence-corrected chi connectivity index (χ1v) is 9.67. The molecule has 3 N–H and O–H groups in total. The number of carbonyl (C=O) groups is 1. The van der Waals surface area contributed by atoms with Gasteiger partial charge in [0.25, 0.3) is 0 Å². The van der Waals surface area contributed by atoms with E-state index in [0.717, 1.165) is 22.4 Å². The topological polar surface area (TPSA) is 74.2 Å². The molecular weight excluding hydrogens is 370 g/mol. The van der Waals surface area contributed by atoms with Gasteiger partial charge >= 0.3 is 5.97 Å². The van der Waals surface area contributed by atoms with Crippen LogP contribution >= 0.6 is 12.2 Å². The molecule has 1 aromatic carbocycles. The predicted octanol–water partition coefficient (Wildman–Crippen LogP) is 4.85. The third-order valence-corrected chi connectivity index (χ3v) is 4.04. The maximum atomic E-state index is 10.8. The van der Waals surface area contributed by atoms with E-state index in [1.54, 1.807) is 6.20 Å². The van der Waals surface area contributed by atoms with Crippen LogP contribution in [0.5, 0.6) is 0 Å². The van der Waals surface area contributed by atoms with E-state index < -0.39 is 5.97 Å². The molecule has 0 aliphatic rings. The molecule has 5 nitrogen and oxygen atoms in total. The zero-order valence-corrected chi connectivity index (χ0v) is 17.3. The van der Waals surface area contributed by atoms with Crippen LogP contribution < -0.4 is 10.6 Å². The highest BCUT2D eigenvalue weighted by Crippen LogP contribution is 2.26. The molecule has 0 fully saturated rings. The van der Waals surface area contributed by atoms with Crippen LogP contribution in [-0.4, -0.2) is 26.7 Å². The van der Waals surface area contributed by atoms with Crippen molar-refractivity contribution in [2.24, 2.45) is 0 Å². The molecule has 0 atom stereocenters. The molecule has 0 saturated carbocycles. The molecule has 2 rings (SSSR count). The number of unbranched alkanes of at least 4 members (excludes halogenated alkanes) is 1. The van der Waals surface area contributed by atoms with Crippen molar-refractivity contribution < 1.29 is 9.90 Å². The molecule has 0 aliphatic carbocycles. The average Bonchev–Trinajstić information content (AvgIpc) is 2.60. The molecular formula is C22H27N3O2S. The lowest BCUT2D eigenvalue weighted by Gasteiger charge is -2.23. The molecule has 0 saturated heterocycles. The number of carboxylic acid groups (broad SMARTS) is 1. The van der Waals surface area contributed by atoms with Crippen LogP contribution in [0.15, 0.2) is 54.9 Å². The summed E-state index contributed by atoms with van der Waals surface area (Å²) in [7, 11) is 0. The fourth-order valence-corrected chi connectivity index (χ4v) is 3.12. The second kappa shape index (κ2) is 9.99. The molecule has 1 heterocycles. The normalized spacial score (nSPS) is 11.8. The second-order valence-corrected chi connectivity index (χ2v) is 7.96. The van der Waals surface area contributed by atoms with Crippen molar-refractivity contribution in [1.29, 1.82) is 0 Å². The Hall–Kier alpha value is -2.73. The highest BCUT2D eigenvalue weighted by Gasteiger charge is 2.12. The van der Waals surface area contributed by atoms with Crippen molar-refractivity contribution in [3.8, 4) is 0 Å². The Labute approximate surface area is 171 Å². The number of aromatic nitrogens is 1. The standard InChI is InChI=1S/C22H27N3O2S/c1-22(2,3)25-21(28)24-18-10-6-8-16(14-18)19(11-4-5-12-20(26)27)17-9-7-13-23-15-17/h6-11,13-15H,4-5,12H2,1-3H3,(H,26,27)(H2,24,25,28)/b19-11-. The number of nitrogens with zero attached hydrogens (tertiary/aromatic N) is 1. The molecule has 0 amide bonds. The van der Waals surface area contributed by atoms with Crippen LogP contribution in [-0.2, 0) is 4.79 Å². The van der Waals surface area contributed by atoms with E-state index in [1.807, 2.05) is 42.6 Å². The lowest BCUT2D eigenvalue weighted by molar-refractivity contribution is -0.137. The van der Waals surface area contributed by atoms with Crippen LogP contribution in [0, 0.1) is 0 Å². The minimum atomic E-state index is -0.776. The SMILES string of the molecule is CC(C)(C)NC(=S)Nc1cccc(/C(=C/CCCC(=O)O)c2cccnc2)c1. The average molecular weight is 398 g/mol. The number of hydrogen-bond acceptors (Lipinski definition) is 3. The van der Waals surface area contributed by atoms with E-state index in [0.29, 0.717) is 18.0 Å². The van der Waals surface area contributed by atoms with Crippen molar-refractivity contribution in [1.82, 2.24) is 10.3 Å². The van der Waals surface area contributed by atoms with Crippen molar-refractivity contribution in [3.05, 3.63) is 66.0 Å². The van der Waals surface area contributed by atoms with Crippen LogP contribution in [0.2, 0.25) is 0 Å². The molecule has 0 bridgehead atoms. The predicted molar refractivity (Wildman–Crippen MR) is 118 cm³/mol. The van der Waals surface area contributed by atoms with Crippen molar-refractivity contribution in [2.75, 3.05) is 5.32 Å². The monoisotopic (exact) mass is 397 g/mol. The van der Waals surface area contributed by atoms with Crippen LogP contribution in [0.4, 0.5) is 5.69 Å². The molecule has 0 radical (unpaired) electrons. The third-order valence-electron chi connectivity index (χ3n) is 3.84. The minimum absolute atomic E-state index is 0.118. The van der Waals surface area contributed by atoms with E-state index in [4.69, 9.17) is 17.3 Å². The van der Waals surface area contributed by atoms with Crippen LogP contribution in [0.3, 0.4) is 0 Å². The molecule has 1 aromatic heterocycles. The summed E-state index contributed by atoms with van der Waals surface area (Å²) in [5.74, 6) is -0.776. The fourth-order valence-electron chi connectivity index (χ4n) is 2.69. The number of anilines is 1. The van der Waals surface area contributed by atoms with Gasteiger partial charge in [-0.15, -0.1) is 0 Å². The van der Waals surface area contributed by atoms with E-state index in [2.05, 4.69) is 42.5 Å². The van der Waals surface area contributed by atoms with E-state index in [1.165, 1.54) is 0 Å². The Balaban J connectivity index is 2.24. The van der Waals surface area contributed by atoms with Crippen molar-refractivity contribution in [3.63, 3.8) is 0 Å². The number of carboxylic acids is 1. The molecule has 0 aliphatic heterocycles. The summed E-state index contributed by atoms with van der Waals surface area (Å²) >= 11 is 5.39. The van der Waals surface area contributed by atoms with Gasteiger partial charge in [0.2, 0.25) is 0 Å². The number of rotatable bonds is 7. The van der Waals surface area contributed by atoms with Gasteiger partial charge in [0, 0.05) is 35.6 Å². The Morgan fingerprint density at radius 2 is 1.96 bits per heavy atom. The van der Waals surface area contributed by atoms with E-state index in [-0.39, 0.29) is 12.0 Å². The fraction of sp³-hybridized carbons (Fsp3) is 0.318. The second-order valence-electron chi connectivity index (χ2n) is 7.56. The molecule has 0 spiro atoms. The summed E-state index contributed by atoms with van der Waals surface area (Å²) in [6.45, 7) is 6.16. The Bertz CT molecular complexity index is 842. The van der Waals surface area contributed by atoms with Gasteiger partial charge < -0.3 is 15.7 Å². The minimum Gasteiger partial charge on any atom is -0.481 e. The number of hydrogen-bond donors (Lipinski definition) is 3. The lowest BCUT2D eigenvalue weighted by Crippen LogP contribution is -2.42. The van der Waals surface area contributed by atoms with Gasteiger partial charge in [-0.2, -0.15) is 0 Å². The highest BCUT2D eigenvalue weighted by atomic mass is 32.1. The largest absolute Gasteiger partial charge is 0.481 e. The lowest BCUT2D eigenvalue weighted by atomic mass is 9.97. The smallest absolute Gasteiger partial charge is 0.303 e. The van der Waals surface area contributed by atoms with Gasteiger partial charge in [-0.3, -0.25) is 9.78 Å². The summed E-state index contributed by atoms with van der Waals surface area (Å²) < 4.78 is 0. The Kier molecular flexibility index (Phi) is 7.70. The van der Waals surface area contributed by atoms with Gasteiger partial charge in [0.1, 0.15) is 0 Å². The summed E-state index contributed by atoms with van der Waals surface area (Å²) in [6, 6.07) is 11.9. The first-order valence-electron chi connectivity index (χ1n) is 9.26. The van der Waals surface area contributed by atoms with Gasteiger partial charge in [0.05, 0.1) is 0 Å². The summed E-state index contributed by atoms with van der Waals surface area (Å²) in [4.78, 5) is 15.0. The third kappa shape index (κ3) is 7.48. The zero-order valence-electron chi connectivity index (χ0n) is 16.5. The molecule has 0 unspecified atom stereocenters. The maximum Gasteiger partial charge on any atom is 0.303 e. The number of pyridine rings is 1. The number of aliphatic carboxylic acids is 1. The van der Waals surface area contributed by atoms with Crippen molar-refractivity contribution >= 4 is 34.6 Å².